The van der Waals surface area contributed by atoms with Crippen LogP contribution in [0, 0.1) is 0 Å². The molecule has 1 aromatic heterocycles. The zero-order chi connectivity index (χ0) is 17.6. The highest BCUT2D eigenvalue weighted by Gasteiger charge is 2.10. The number of fused-ring (bicyclic) bond motifs is 1. The molecule has 0 spiro atoms. The van der Waals surface area contributed by atoms with Crippen molar-refractivity contribution >= 4 is 16.8 Å². The van der Waals surface area contributed by atoms with Crippen LogP contribution in [0.5, 0.6) is 0 Å². The third-order valence-corrected chi connectivity index (χ3v) is 3.82. The van der Waals surface area contributed by atoms with Gasteiger partial charge in [-0.25, -0.2) is 4.68 Å². The molecule has 0 saturated heterocycles. The molecule has 0 unspecified atom stereocenters. The zero-order valence-electron chi connectivity index (χ0n) is 13.8. The lowest BCUT2D eigenvalue weighted by molar-refractivity contribution is -0.122. The van der Waals surface area contributed by atoms with E-state index in [0.717, 1.165) is 15.8 Å². The Balaban J connectivity index is 1.69. The molecule has 3 rings (SSSR count). The van der Waals surface area contributed by atoms with Gasteiger partial charge in [-0.05, 0) is 23.3 Å². The first-order chi connectivity index (χ1) is 12.2. The first-order valence-electron chi connectivity index (χ1n) is 7.84. The third-order valence-electron chi connectivity index (χ3n) is 3.82. The van der Waals surface area contributed by atoms with Crippen molar-refractivity contribution in [2.45, 2.75) is 19.7 Å². The number of carbonyl (C=O) groups is 1. The average molecular weight is 338 g/mol. The summed E-state index contributed by atoms with van der Waals surface area (Å²) in [6, 6.07) is 14.6. The maximum Gasteiger partial charge on any atom is 0.278 e. The fraction of sp³-hybridized carbons (Fsp3) is 0.222. The topological polar surface area (TPSA) is 86.1 Å². The van der Waals surface area contributed by atoms with Crippen molar-refractivity contribution in [3.05, 3.63) is 70.0 Å². The van der Waals surface area contributed by atoms with E-state index in [4.69, 9.17) is 4.74 Å². The van der Waals surface area contributed by atoms with E-state index in [1.54, 1.807) is 31.4 Å². The zero-order valence-corrected chi connectivity index (χ0v) is 13.8. The first-order valence-corrected chi connectivity index (χ1v) is 7.84. The summed E-state index contributed by atoms with van der Waals surface area (Å²) < 4.78 is 6.22. The quantitative estimate of drug-likeness (QED) is 0.731. The molecule has 3 aromatic rings. The summed E-state index contributed by atoms with van der Waals surface area (Å²) in [5.74, 6) is -0.307. The number of ether oxygens (including phenoxy) is 1. The van der Waals surface area contributed by atoms with Gasteiger partial charge in [-0.2, -0.15) is 0 Å². The standard InChI is InChI=1S/C18H18N4O3/c1-25-12-14-7-3-2-6-13(14)10-19-17(23)11-22-18(24)15-8-4-5-9-16(15)20-21-22/h2-9H,10-12H2,1H3,(H,19,23). The van der Waals surface area contributed by atoms with Gasteiger partial charge in [0.1, 0.15) is 12.1 Å². The van der Waals surface area contributed by atoms with Crippen LogP contribution in [0.3, 0.4) is 0 Å². The molecule has 0 bridgehead atoms. The first kappa shape index (κ1) is 16.8. The number of rotatable bonds is 6. The van der Waals surface area contributed by atoms with E-state index in [1.165, 1.54) is 0 Å². The minimum Gasteiger partial charge on any atom is -0.380 e. The predicted molar refractivity (Wildman–Crippen MR) is 92.8 cm³/mol. The van der Waals surface area contributed by atoms with E-state index in [2.05, 4.69) is 15.6 Å². The van der Waals surface area contributed by atoms with E-state index in [-0.39, 0.29) is 18.0 Å². The third kappa shape index (κ3) is 3.89. The van der Waals surface area contributed by atoms with Crippen LogP contribution in [0.15, 0.2) is 53.3 Å². The van der Waals surface area contributed by atoms with Gasteiger partial charge in [0.2, 0.25) is 5.91 Å². The summed E-state index contributed by atoms with van der Waals surface area (Å²) in [7, 11) is 1.63. The number of carbonyl (C=O) groups excluding carboxylic acids is 1. The van der Waals surface area contributed by atoms with E-state index < -0.39 is 0 Å². The van der Waals surface area contributed by atoms with Gasteiger partial charge in [-0.1, -0.05) is 41.6 Å². The van der Waals surface area contributed by atoms with Crippen molar-refractivity contribution in [2.24, 2.45) is 0 Å². The maximum absolute atomic E-state index is 12.3. The van der Waals surface area contributed by atoms with Crippen molar-refractivity contribution in [1.82, 2.24) is 20.3 Å². The molecule has 0 atom stereocenters. The summed E-state index contributed by atoms with van der Waals surface area (Å²) in [5, 5.41) is 11.0. The van der Waals surface area contributed by atoms with Crippen molar-refractivity contribution in [2.75, 3.05) is 7.11 Å². The SMILES string of the molecule is COCc1ccccc1CNC(=O)Cn1nnc2ccccc2c1=O. The molecule has 1 amide bonds. The van der Waals surface area contributed by atoms with Crippen LogP contribution in [-0.2, 0) is 29.2 Å². The van der Waals surface area contributed by atoms with Gasteiger partial charge in [-0.15, -0.1) is 5.10 Å². The van der Waals surface area contributed by atoms with Crippen molar-refractivity contribution in [3.8, 4) is 0 Å². The van der Waals surface area contributed by atoms with E-state index in [0.29, 0.717) is 24.1 Å². The van der Waals surface area contributed by atoms with Gasteiger partial charge in [0.25, 0.3) is 5.56 Å². The largest absolute Gasteiger partial charge is 0.380 e. The van der Waals surface area contributed by atoms with Gasteiger partial charge in [0.15, 0.2) is 0 Å². The van der Waals surface area contributed by atoms with Crippen LogP contribution >= 0.6 is 0 Å². The van der Waals surface area contributed by atoms with Crippen LogP contribution in [-0.4, -0.2) is 28.0 Å². The minimum absolute atomic E-state index is 0.177. The normalized spacial score (nSPS) is 10.8. The highest BCUT2D eigenvalue weighted by atomic mass is 16.5. The molecule has 25 heavy (non-hydrogen) atoms. The number of hydrogen-bond donors (Lipinski definition) is 1. The number of benzene rings is 2. The van der Waals surface area contributed by atoms with Crippen LogP contribution in [0.1, 0.15) is 11.1 Å². The Morgan fingerprint density at radius 1 is 1.12 bits per heavy atom. The molecule has 0 aliphatic rings. The second-order valence-electron chi connectivity index (χ2n) is 5.55. The van der Waals surface area contributed by atoms with E-state index >= 15 is 0 Å². The summed E-state index contributed by atoms with van der Waals surface area (Å²) in [6.45, 7) is 0.652. The minimum atomic E-state index is -0.333. The average Bonchev–Trinajstić information content (AvgIpc) is 2.64. The summed E-state index contributed by atoms with van der Waals surface area (Å²) in [4.78, 5) is 24.5. The maximum atomic E-state index is 12.3. The second-order valence-corrected chi connectivity index (χ2v) is 5.55. The Morgan fingerprint density at radius 2 is 1.84 bits per heavy atom. The number of hydrogen-bond acceptors (Lipinski definition) is 5. The van der Waals surface area contributed by atoms with Crippen LogP contribution < -0.4 is 10.9 Å². The highest BCUT2D eigenvalue weighted by molar-refractivity contribution is 5.78. The molecule has 0 fully saturated rings. The molecule has 1 N–H and O–H groups in total. The van der Waals surface area contributed by atoms with Crippen molar-refractivity contribution in [3.63, 3.8) is 0 Å². The summed E-state index contributed by atoms with van der Waals surface area (Å²) in [5.41, 5.74) is 2.15. The van der Waals surface area contributed by atoms with E-state index in [9.17, 15) is 9.59 Å². The number of amides is 1. The van der Waals surface area contributed by atoms with Gasteiger partial charge < -0.3 is 10.1 Å². The van der Waals surface area contributed by atoms with Gasteiger partial charge in [0.05, 0.1) is 12.0 Å². The molecule has 0 saturated carbocycles. The summed E-state index contributed by atoms with van der Waals surface area (Å²) in [6.07, 6.45) is 0. The van der Waals surface area contributed by atoms with Gasteiger partial charge in [-0.3, -0.25) is 9.59 Å². The molecule has 7 heteroatoms. The van der Waals surface area contributed by atoms with Crippen LogP contribution in [0.4, 0.5) is 0 Å². The Morgan fingerprint density at radius 3 is 2.64 bits per heavy atom. The number of nitrogens with zero attached hydrogens (tertiary/aromatic N) is 3. The fourth-order valence-corrected chi connectivity index (χ4v) is 2.54. The lowest BCUT2D eigenvalue weighted by Gasteiger charge is -2.10. The summed E-state index contributed by atoms with van der Waals surface area (Å²) >= 11 is 0. The fourth-order valence-electron chi connectivity index (χ4n) is 2.54. The van der Waals surface area contributed by atoms with Crippen molar-refractivity contribution < 1.29 is 9.53 Å². The smallest absolute Gasteiger partial charge is 0.278 e. The molecular weight excluding hydrogens is 320 g/mol. The van der Waals surface area contributed by atoms with Crippen LogP contribution in [0.25, 0.3) is 10.9 Å². The molecule has 7 nitrogen and oxygen atoms in total. The Kier molecular flexibility index (Phi) is 5.15. The number of methoxy groups -OCH3 is 1. The molecule has 0 radical (unpaired) electrons. The van der Waals surface area contributed by atoms with Crippen molar-refractivity contribution in [1.29, 1.82) is 0 Å². The molecule has 0 aliphatic carbocycles. The lowest BCUT2D eigenvalue weighted by Crippen LogP contribution is -2.34. The lowest BCUT2D eigenvalue weighted by atomic mass is 10.1. The Hall–Kier alpha value is -3.06. The Bertz CT molecular complexity index is 952. The van der Waals surface area contributed by atoms with E-state index in [1.807, 2.05) is 24.3 Å². The molecule has 0 aliphatic heterocycles. The molecule has 2 aromatic carbocycles. The Labute approximate surface area is 144 Å². The monoisotopic (exact) mass is 338 g/mol. The number of nitrogens with one attached hydrogen (secondary N) is 1. The molecular formula is C18H18N4O3. The van der Waals surface area contributed by atoms with Crippen LogP contribution in [0.2, 0.25) is 0 Å². The van der Waals surface area contributed by atoms with Gasteiger partial charge >= 0.3 is 0 Å². The molecule has 1 heterocycles. The second kappa shape index (κ2) is 7.67. The predicted octanol–water partition coefficient (Wildman–Crippen LogP) is 1.25. The molecule has 128 valence electrons. The number of aromatic nitrogens is 3. The van der Waals surface area contributed by atoms with Gasteiger partial charge in [0, 0.05) is 13.7 Å². The highest BCUT2D eigenvalue weighted by Crippen LogP contribution is 2.09.